The molecule has 0 aliphatic rings. The molecule has 3 aromatic rings. The average molecular weight is 343 g/mol. The Morgan fingerprint density at radius 1 is 1.05 bits per heavy atom. The SMILES string of the molecule is COc1ccc(-c2nn(-c3ccccc3)cc2CBr)cc1. The molecule has 1 heterocycles. The van der Waals surface area contributed by atoms with Crippen molar-refractivity contribution in [2.24, 2.45) is 0 Å². The van der Waals surface area contributed by atoms with Gasteiger partial charge in [-0.2, -0.15) is 5.10 Å². The van der Waals surface area contributed by atoms with Crippen molar-refractivity contribution in [1.29, 1.82) is 0 Å². The number of halogens is 1. The van der Waals surface area contributed by atoms with Gasteiger partial charge in [0.2, 0.25) is 0 Å². The summed E-state index contributed by atoms with van der Waals surface area (Å²) in [5, 5.41) is 5.49. The molecule has 0 N–H and O–H groups in total. The Bertz CT molecular complexity index is 720. The molecule has 0 fully saturated rings. The topological polar surface area (TPSA) is 27.1 Å². The third-order valence-corrected chi connectivity index (χ3v) is 3.92. The molecule has 0 atom stereocenters. The lowest BCUT2D eigenvalue weighted by atomic mass is 10.1. The number of benzene rings is 2. The molecular weight excluding hydrogens is 328 g/mol. The van der Waals surface area contributed by atoms with E-state index in [1.165, 1.54) is 0 Å². The number of methoxy groups -OCH3 is 1. The summed E-state index contributed by atoms with van der Waals surface area (Å²) in [6.45, 7) is 0. The van der Waals surface area contributed by atoms with Crippen LogP contribution in [-0.4, -0.2) is 16.9 Å². The summed E-state index contributed by atoms with van der Waals surface area (Å²) < 4.78 is 7.11. The highest BCUT2D eigenvalue weighted by molar-refractivity contribution is 9.08. The lowest BCUT2D eigenvalue weighted by molar-refractivity contribution is 0.415. The smallest absolute Gasteiger partial charge is 0.118 e. The molecular formula is C17H15BrN2O. The third kappa shape index (κ3) is 2.85. The van der Waals surface area contributed by atoms with Crippen molar-refractivity contribution in [3.05, 3.63) is 66.4 Å². The highest BCUT2D eigenvalue weighted by Crippen LogP contribution is 2.27. The predicted molar refractivity (Wildman–Crippen MR) is 88.2 cm³/mol. The number of para-hydroxylation sites is 1. The van der Waals surface area contributed by atoms with Crippen LogP contribution in [0.25, 0.3) is 16.9 Å². The first-order valence-electron chi connectivity index (χ1n) is 6.66. The van der Waals surface area contributed by atoms with Crippen LogP contribution in [0.4, 0.5) is 0 Å². The van der Waals surface area contributed by atoms with E-state index in [1.807, 2.05) is 59.3 Å². The van der Waals surface area contributed by atoms with Crippen LogP contribution in [0.3, 0.4) is 0 Å². The van der Waals surface area contributed by atoms with E-state index in [1.54, 1.807) is 7.11 Å². The Hall–Kier alpha value is -2.07. The van der Waals surface area contributed by atoms with Gasteiger partial charge in [-0.1, -0.05) is 34.1 Å². The molecule has 1 aromatic heterocycles. The van der Waals surface area contributed by atoms with Crippen LogP contribution in [0, 0.1) is 0 Å². The monoisotopic (exact) mass is 342 g/mol. The normalized spacial score (nSPS) is 10.6. The Labute approximate surface area is 132 Å². The van der Waals surface area contributed by atoms with Crippen molar-refractivity contribution < 1.29 is 4.74 Å². The van der Waals surface area contributed by atoms with Crippen molar-refractivity contribution in [2.75, 3.05) is 7.11 Å². The van der Waals surface area contributed by atoms with Gasteiger partial charge in [0.1, 0.15) is 5.75 Å². The molecule has 3 rings (SSSR count). The first kappa shape index (κ1) is 13.9. The Kier molecular flexibility index (Phi) is 4.06. The van der Waals surface area contributed by atoms with Crippen LogP contribution in [0.5, 0.6) is 5.75 Å². The Morgan fingerprint density at radius 3 is 2.38 bits per heavy atom. The molecule has 0 saturated carbocycles. The van der Waals surface area contributed by atoms with Crippen LogP contribution >= 0.6 is 15.9 Å². The summed E-state index contributed by atoms with van der Waals surface area (Å²) in [5.41, 5.74) is 4.28. The van der Waals surface area contributed by atoms with Gasteiger partial charge < -0.3 is 4.74 Å². The highest BCUT2D eigenvalue weighted by atomic mass is 79.9. The second kappa shape index (κ2) is 6.14. The minimum Gasteiger partial charge on any atom is -0.497 e. The molecule has 2 aromatic carbocycles. The molecule has 0 saturated heterocycles. The highest BCUT2D eigenvalue weighted by Gasteiger charge is 2.11. The van der Waals surface area contributed by atoms with Crippen molar-refractivity contribution in [3.63, 3.8) is 0 Å². The quantitative estimate of drug-likeness (QED) is 0.655. The summed E-state index contributed by atoms with van der Waals surface area (Å²) >= 11 is 3.54. The van der Waals surface area contributed by atoms with E-state index in [9.17, 15) is 0 Å². The van der Waals surface area contributed by atoms with Gasteiger partial charge in [-0.3, -0.25) is 0 Å². The minimum absolute atomic E-state index is 0.765. The average Bonchev–Trinajstić information content (AvgIpc) is 3.00. The maximum Gasteiger partial charge on any atom is 0.118 e. The number of alkyl halides is 1. The van der Waals surface area contributed by atoms with Crippen molar-refractivity contribution in [2.45, 2.75) is 5.33 Å². The lowest BCUT2D eigenvalue weighted by Crippen LogP contribution is -1.94. The molecule has 4 heteroatoms. The summed E-state index contributed by atoms with van der Waals surface area (Å²) in [5.74, 6) is 0.849. The van der Waals surface area contributed by atoms with Gasteiger partial charge in [0.15, 0.2) is 0 Å². The van der Waals surface area contributed by atoms with E-state index in [0.717, 1.165) is 33.6 Å². The maximum absolute atomic E-state index is 5.20. The molecule has 0 aliphatic heterocycles. The van der Waals surface area contributed by atoms with Crippen molar-refractivity contribution in [3.8, 4) is 22.7 Å². The fourth-order valence-electron chi connectivity index (χ4n) is 2.21. The largest absolute Gasteiger partial charge is 0.497 e. The summed E-state index contributed by atoms with van der Waals surface area (Å²) in [6.07, 6.45) is 2.06. The van der Waals surface area contributed by atoms with E-state index in [4.69, 9.17) is 9.84 Å². The van der Waals surface area contributed by atoms with Gasteiger partial charge in [0.05, 0.1) is 18.5 Å². The van der Waals surface area contributed by atoms with E-state index in [-0.39, 0.29) is 0 Å². The predicted octanol–water partition coefficient (Wildman–Crippen LogP) is 4.44. The van der Waals surface area contributed by atoms with E-state index < -0.39 is 0 Å². The number of aromatic nitrogens is 2. The zero-order valence-corrected chi connectivity index (χ0v) is 13.2. The molecule has 0 radical (unpaired) electrons. The fraction of sp³-hybridized carbons (Fsp3) is 0.118. The Morgan fingerprint density at radius 2 is 1.76 bits per heavy atom. The van der Waals surface area contributed by atoms with Gasteiger partial charge >= 0.3 is 0 Å². The first-order chi connectivity index (χ1) is 10.3. The van der Waals surface area contributed by atoms with Crippen LogP contribution in [0.15, 0.2) is 60.8 Å². The van der Waals surface area contributed by atoms with Gasteiger partial charge in [0, 0.05) is 22.7 Å². The molecule has 21 heavy (non-hydrogen) atoms. The molecule has 0 spiro atoms. The second-order valence-electron chi connectivity index (χ2n) is 4.65. The second-order valence-corrected chi connectivity index (χ2v) is 5.21. The molecule has 0 amide bonds. The standard InChI is InChI=1S/C17H15BrN2O/c1-21-16-9-7-13(8-10-16)17-14(11-18)12-20(19-17)15-5-3-2-4-6-15/h2-10,12H,11H2,1H3. The molecule has 3 nitrogen and oxygen atoms in total. The summed E-state index contributed by atoms with van der Waals surface area (Å²) in [6, 6.07) is 18.1. The van der Waals surface area contributed by atoms with Gasteiger partial charge in [-0.15, -0.1) is 0 Å². The molecule has 106 valence electrons. The zero-order chi connectivity index (χ0) is 14.7. The fourth-order valence-corrected chi connectivity index (χ4v) is 2.62. The van der Waals surface area contributed by atoms with Crippen LogP contribution < -0.4 is 4.74 Å². The first-order valence-corrected chi connectivity index (χ1v) is 7.78. The number of rotatable bonds is 4. The number of hydrogen-bond acceptors (Lipinski definition) is 2. The van der Waals surface area contributed by atoms with Gasteiger partial charge in [0.25, 0.3) is 0 Å². The number of hydrogen-bond donors (Lipinski definition) is 0. The van der Waals surface area contributed by atoms with Gasteiger partial charge in [-0.25, -0.2) is 4.68 Å². The Balaban J connectivity index is 2.03. The van der Waals surface area contributed by atoms with Crippen molar-refractivity contribution >= 4 is 15.9 Å². The third-order valence-electron chi connectivity index (χ3n) is 3.32. The number of ether oxygens (including phenoxy) is 1. The maximum atomic E-state index is 5.20. The zero-order valence-electron chi connectivity index (χ0n) is 11.7. The molecule has 0 aliphatic carbocycles. The lowest BCUT2D eigenvalue weighted by Gasteiger charge is -2.02. The van der Waals surface area contributed by atoms with Crippen LogP contribution in [0.1, 0.15) is 5.56 Å². The summed E-state index contributed by atoms with van der Waals surface area (Å²) in [4.78, 5) is 0. The van der Waals surface area contributed by atoms with Crippen LogP contribution in [0.2, 0.25) is 0 Å². The summed E-state index contributed by atoms with van der Waals surface area (Å²) in [7, 11) is 1.67. The van der Waals surface area contributed by atoms with Gasteiger partial charge in [-0.05, 0) is 36.4 Å². The van der Waals surface area contributed by atoms with Crippen LogP contribution in [-0.2, 0) is 5.33 Å². The minimum atomic E-state index is 0.765. The molecule has 0 bridgehead atoms. The van der Waals surface area contributed by atoms with Crippen molar-refractivity contribution in [1.82, 2.24) is 9.78 Å². The number of nitrogens with zero attached hydrogens (tertiary/aromatic N) is 2. The van der Waals surface area contributed by atoms with E-state index in [2.05, 4.69) is 22.1 Å². The van der Waals surface area contributed by atoms with E-state index in [0.29, 0.717) is 0 Å². The molecule has 0 unspecified atom stereocenters. The van der Waals surface area contributed by atoms with E-state index >= 15 is 0 Å².